The average molecular weight is 282 g/mol. The number of fused-ring (bicyclic) bond motifs is 3. The number of carbonyl (C=O) groups is 1. The molecule has 0 amide bonds. The first-order chi connectivity index (χ1) is 9.11. The van der Waals surface area contributed by atoms with Gasteiger partial charge in [0.1, 0.15) is 0 Å². The van der Waals surface area contributed by atoms with Gasteiger partial charge in [-0.05, 0) is 19.1 Å². The second kappa shape index (κ2) is 4.27. The van der Waals surface area contributed by atoms with E-state index >= 15 is 0 Å². The van der Waals surface area contributed by atoms with Crippen LogP contribution in [0.25, 0.3) is 15.2 Å². The van der Waals surface area contributed by atoms with Crippen molar-refractivity contribution in [3.05, 3.63) is 35.7 Å². The zero-order valence-electron chi connectivity index (χ0n) is 9.81. The van der Waals surface area contributed by atoms with E-state index in [1.54, 1.807) is 11.3 Å². The number of halogens is 2. The fourth-order valence-corrected chi connectivity index (χ4v) is 2.85. The van der Waals surface area contributed by atoms with E-state index in [2.05, 4.69) is 4.98 Å². The highest BCUT2D eigenvalue weighted by Crippen LogP contribution is 2.29. The van der Waals surface area contributed by atoms with Crippen molar-refractivity contribution in [3.63, 3.8) is 0 Å². The lowest BCUT2D eigenvalue weighted by Crippen LogP contribution is -2.04. The van der Waals surface area contributed by atoms with Crippen LogP contribution in [-0.4, -0.2) is 22.0 Å². The molecule has 1 aromatic carbocycles. The molecule has 3 rings (SSSR count). The van der Waals surface area contributed by atoms with E-state index in [-0.39, 0.29) is 17.0 Å². The van der Waals surface area contributed by atoms with Crippen LogP contribution in [0.15, 0.2) is 18.3 Å². The van der Waals surface area contributed by atoms with E-state index in [0.717, 1.165) is 17.4 Å². The molecule has 7 heteroatoms. The monoisotopic (exact) mass is 282 g/mol. The van der Waals surface area contributed by atoms with Crippen LogP contribution in [0.2, 0.25) is 0 Å². The third kappa shape index (κ3) is 1.77. The van der Waals surface area contributed by atoms with Crippen LogP contribution in [0.3, 0.4) is 0 Å². The fraction of sp³-hybridized carbons (Fsp3) is 0.167. The summed E-state index contributed by atoms with van der Waals surface area (Å²) in [5.74, 6) is -2.33. The Hall–Kier alpha value is -2.02. The van der Waals surface area contributed by atoms with Crippen molar-refractivity contribution in [2.24, 2.45) is 0 Å². The minimum absolute atomic E-state index is 0.153. The summed E-state index contributed by atoms with van der Waals surface area (Å²) in [5, 5.41) is 0. The van der Waals surface area contributed by atoms with Gasteiger partial charge >= 0.3 is 5.97 Å². The highest BCUT2D eigenvalue weighted by atomic mass is 32.1. The molecule has 2 aromatic heterocycles. The molecule has 0 N–H and O–H groups in total. The molecule has 0 bridgehead atoms. The summed E-state index contributed by atoms with van der Waals surface area (Å²) in [6.07, 6.45) is 1.46. The summed E-state index contributed by atoms with van der Waals surface area (Å²) in [4.78, 5) is 16.0. The molecule has 0 saturated carbocycles. The SMILES string of the molecule is CCOC(=O)c1cn2c(n1)sc1c(F)c(F)ccc12. The Bertz CT molecular complexity index is 794. The number of benzene rings is 1. The first kappa shape index (κ1) is 12.0. The van der Waals surface area contributed by atoms with E-state index in [4.69, 9.17) is 4.74 Å². The van der Waals surface area contributed by atoms with E-state index in [0.29, 0.717) is 10.5 Å². The first-order valence-electron chi connectivity index (χ1n) is 5.54. The van der Waals surface area contributed by atoms with Crippen molar-refractivity contribution in [2.75, 3.05) is 6.61 Å². The molecule has 2 heterocycles. The molecule has 19 heavy (non-hydrogen) atoms. The molecule has 0 spiro atoms. The molecule has 0 atom stereocenters. The third-order valence-electron chi connectivity index (χ3n) is 2.64. The van der Waals surface area contributed by atoms with Crippen molar-refractivity contribution in [2.45, 2.75) is 6.92 Å². The number of thiazole rings is 1. The summed E-state index contributed by atoms with van der Waals surface area (Å²) in [7, 11) is 0. The van der Waals surface area contributed by atoms with E-state index < -0.39 is 17.6 Å². The number of ether oxygens (including phenoxy) is 1. The van der Waals surface area contributed by atoms with E-state index in [9.17, 15) is 13.6 Å². The maximum Gasteiger partial charge on any atom is 0.358 e. The van der Waals surface area contributed by atoms with E-state index in [1.165, 1.54) is 12.3 Å². The molecule has 0 fully saturated rings. The van der Waals surface area contributed by atoms with Crippen molar-refractivity contribution in [3.8, 4) is 0 Å². The molecule has 3 aromatic rings. The maximum absolute atomic E-state index is 13.6. The van der Waals surface area contributed by atoms with Gasteiger partial charge in [-0.1, -0.05) is 11.3 Å². The van der Waals surface area contributed by atoms with Gasteiger partial charge < -0.3 is 4.74 Å². The molecule has 0 radical (unpaired) electrons. The van der Waals surface area contributed by atoms with Crippen LogP contribution in [-0.2, 0) is 4.74 Å². The van der Waals surface area contributed by atoms with Gasteiger partial charge in [0.05, 0.1) is 16.8 Å². The average Bonchev–Trinajstić information content (AvgIpc) is 2.92. The number of carbonyl (C=O) groups excluding carboxylic acids is 1. The number of rotatable bonds is 2. The molecule has 0 unspecified atom stereocenters. The van der Waals surface area contributed by atoms with Crippen LogP contribution in [0, 0.1) is 11.6 Å². The van der Waals surface area contributed by atoms with Crippen LogP contribution >= 0.6 is 11.3 Å². The first-order valence-corrected chi connectivity index (χ1v) is 6.36. The van der Waals surface area contributed by atoms with Crippen molar-refractivity contribution in [1.29, 1.82) is 0 Å². The van der Waals surface area contributed by atoms with Crippen molar-refractivity contribution in [1.82, 2.24) is 9.38 Å². The van der Waals surface area contributed by atoms with Gasteiger partial charge in [0.15, 0.2) is 22.3 Å². The van der Waals surface area contributed by atoms with Crippen LogP contribution in [0.1, 0.15) is 17.4 Å². The second-order valence-electron chi connectivity index (χ2n) is 3.81. The molecular formula is C12H8F2N2O2S. The van der Waals surface area contributed by atoms with Gasteiger partial charge in [-0.15, -0.1) is 0 Å². The lowest BCUT2D eigenvalue weighted by Gasteiger charge is -1.96. The smallest absolute Gasteiger partial charge is 0.358 e. The molecule has 4 nitrogen and oxygen atoms in total. The van der Waals surface area contributed by atoms with Gasteiger partial charge in [-0.2, -0.15) is 0 Å². The summed E-state index contributed by atoms with van der Waals surface area (Å²) in [5.41, 5.74) is 0.627. The molecule has 0 aliphatic carbocycles. The Morgan fingerprint density at radius 3 is 3.00 bits per heavy atom. The zero-order valence-corrected chi connectivity index (χ0v) is 10.6. The van der Waals surface area contributed by atoms with Gasteiger partial charge in [0.25, 0.3) is 0 Å². The molecular weight excluding hydrogens is 274 g/mol. The Morgan fingerprint density at radius 1 is 1.47 bits per heavy atom. The Labute approximate surface area is 110 Å². The van der Waals surface area contributed by atoms with Gasteiger partial charge in [-0.25, -0.2) is 18.6 Å². The molecule has 0 aliphatic heterocycles. The maximum atomic E-state index is 13.6. The predicted octanol–water partition coefficient (Wildman–Crippen LogP) is 3.00. The normalized spacial score (nSPS) is 11.3. The molecule has 0 aliphatic rings. The number of aromatic nitrogens is 2. The Balaban J connectivity index is 2.21. The number of esters is 1. The Kier molecular flexibility index (Phi) is 2.70. The molecule has 0 saturated heterocycles. The zero-order chi connectivity index (χ0) is 13.6. The fourth-order valence-electron chi connectivity index (χ4n) is 1.81. The topological polar surface area (TPSA) is 43.6 Å². The largest absolute Gasteiger partial charge is 0.461 e. The minimum atomic E-state index is -0.900. The van der Waals surface area contributed by atoms with Gasteiger partial charge in [0, 0.05) is 6.20 Å². The summed E-state index contributed by atoms with van der Waals surface area (Å²) in [6, 6.07) is 2.50. The number of hydrogen-bond donors (Lipinski definition) is 0. The summed E-state index contributed by atoms with van der Waals surface area (Å²) < 4.78 is 33.3. The lowest BCUT2D eigenvalue weighted by molar-refractivity contribution is 0.0520. The lowest BCUT2D eigenvalue weighted by atomic mass is 10.3. The van der Waals surface area contributed by atoms with Gasteiger partial charge in [-0.3, -0.25) is 4.40 Å². The van der Waals surface area contributed by atoms with Gasteiger partial charge in [0.2, 0.25) is 0 Å². The van der Waals surface area contributed by atoms with E-state index in [1.807, 2.05) is 0 Å². The van der Waals surface area contributed by atoms with Crippen LogP contribution in [0.4, 0.5) is 8.78 Å². The number of hydrogen-bond acceptors (Lipinski definition) is 4. The summed E-state index contributed by atoms with van der Waals surface area (Å²) in [6.45, 7) is 1.95. The molecule has 98 valence electrons. The Morgan fingerprint density at radius 2 is 2.26 bits per heavy atom. The van der Waals surface area contributed by atoms with Crippen molar-refractivity contribution < 1.29 is 18.3 Å². The minimum Gasteiger partial charge on any atom is -0.461 e. The summed E-state index contributed by atoms with van der Waals surface area (Å²) >= 11 is 0.988. The van der Waals surface area contributed by atoms with Crippen molar-refractivity contribution >= 4 is 32.5 Å². The highest BCUT2D eigenvalue weighted by molar-refractivity contribution is 7.23. The highest BCUT2D eigenvalue weighted by Gasteiger charge is 2.18. The third-order valence-corrected chi connectivity index (χ3v) is 3.70. The quantitative estimate of drug-likeness (QED) is 0.679. The van der Waals surface area contributed by atoms with Crippen LogP contribution < -0.4 is 0 Å². The van der Waals surface area contributed by atoms with Crippen LogP contribution in [0.5, 0.6) is 0 Å². The standard InChI is InChI=1S/C12H8F2N2O2S/c1-2-18-11(17)7-5-16-8-4-3-6(13)9(14)10(8)19-12(16)15-7/h3-5H,2H2,1H3. The second-order valence-corrected chi connectivity index (χ2v) is 4.79. The predicted molar refractivity (Wildman–Crippen MR) is 66.4 cm³/mol. The number of imidazole rings is 1. The number of nitrogens with zero attached hydrogens (tertiary/aromatic N) is 2.